The fourth-order valence-electron chi connectivity index (χ4n) is 10.3. The SMILES string of the molecule is CC12CCCC1C1CCC3C(C)(CCC4C(C)(N)C(O)CCC43C)C1CC2. The van der Waals surface area contributed by atoms with Crippen molar-refractivity contribution in [2.24, 2.45) is 51.6 Å². The maximum absolute atomic E-state index is 10.6. The first kappa shape index (κ1) is 18.9. The van der Waals surface area contributed by atoms with Gasteiger partial charge in [0.2, 0.25) is 0 Å². The fraction of sp³-hybridized carbons (Fsp3) is 1.00. The molecule has 154 valence electrons. The van der Waals surface area contributed by atoms with Crippen molar-refractivity contribution in [3.8, 4) is 0 Å². The molecule has 27 heavy (non-hydrogen) atoms. The molecule has 0 amide bonds. The summed E-state index contributed by atoms with van der Waals surface area (Å²) in [6.07, 6.45) is 14.7. The van der Waals surface area contributed by atoms with Gasteiger partial charge in [-0.1, -0.05) is 27.2 Å². The van der Waals surface area contributed by atoms with Crippen molar-refractivity contribution in [2.75, 3.05) is 0 Å². The molecule has 2 heteroatoms. The first-order valence-corrected chi connectivity index (χ1v) is 12.1. The monoisotopic (exact) mass is 373 g/mol. The van der Waals surface area contributed by atoms with Crippen LogP contribution in [0.3, 0.4) is 0 Å². The van der Waals surface area contributed by atoms with Crippen molar-refractivity contribution in [1.82, 2.24) is 0 Å². The standard InChI is InChI=1S/C25H43NO/c1-22-12-5-6-17(22)16-7-8-19-23(2,18(16)9-13-22)14-10-20-24(19,3)15-11-21(27)25(20,4)26/h16-21,27H,5-15,26H2,1-4H3. The lowest BCUT2D eigenvalue weighted by Crippen LogP contribution is -2.68. The number of nitrogens with two attached hydrogens (primary N) is 1. The molecule has 3 N–H and O–H groups in total. The number of rotatable bonds is 0. The lowest BCUT2D eigenvalue weighted by Gasteiger charge is -2.69. The van der Waals surface area contributed by atoms with Crippen molar-refractivity contribution >= 4 is 0 Å². The van der Waals surface area contributed by atoms with Crippen LogP contribution in [0.25, 0.3) is 0 Å². The predicted octanol–water partition coefficient (Wildman–Crippen LogP) is 5.52. The molecular weight excluding hydrogens is 330 g/mol. The largest absolute Gasteiger partial charge is 0.391 e. The number of aliphatic hydroxyl groups excluding tert-OH is 1. The number of aliphatic hydroxyl groups is 1. The van der Waals surface area contributed by atoms with Crippen LogP contribution in [-0.2, 0) is 0 Å². The normalized spacial score (nSPS) is 62.9. The number of hydrogen-bond donors (Lipinski definition) is 2. The molecule has 10 unspecified atom stereocenters. The van der Waals surface area contributed by atoms with Crippen molar-refractivity contribution < 1.29 is 5.11 Å². The van der Waals surface area contributed by atoms with Crippen molar-refractivity contribution in [3.05, 3.63) is 0 Å². The highest BCUT2D eigenvalue weighted by Gasteiger charge is 2.65. The van der Waals surface area contributed by atoms with Gasteiger partial charge in [0.05, 0.1) is 6.10 Å². The van der Waals surface area contributed by atoms with Gasteiger partial charge < -0.3 is 10.8 Å². The van der Waals surface area contributed by atoms with Crippen LogP contribution in [0.5, 0.6) is 0 Å². The van der Waals surface area contributed by atoms with E-state index in [1.165, 1.54) is 64.2 Å². The van der Waals surface area contributed by atoms with Gasteiger partial charge in [-0.25, -0.2) is 0 Å². The smallest absolute Gasteiger partial charge is 0.0720 e. The van der Waals surface area contributed by atoms with Gasteiger partial charge in [-0.15, -0.1) is 0 Å². The van der Waals surface area contributed by atoms with E-state index in [-0.39, 0.29) is 6.10 Å². The quantitative estimate of drug-likeness (QED) is 0.587. The van der Waals surface area contributed by atoms with Gasteiger partial charge in [0.1, 0.15) is 0 Å². The Hall–Kier alpha value is -0.0800. The highest BCUT2D eigenvalue weighted by atomic mass is 16.3. The predicted molar refractivity (Wildman–Crippen MR) is 111 cm³/mol. The number of hydrogen-bond acceptors (Lipinski definition) is 2. The maximum Gasteiger partial charge on any atom is 0.0720 e. The molecule has 2 nitrogen and oxygen atoms in total. The molecule has 10 atom stereocenters. The van der Waals surface area contributed by atoms with E-state index in [4.69, 9.17) is 5.73 Å². The van der Waals surface area contributed by atoms with E-state index in [2.05, 4.69) is 27.7 Å². The third kappa shape index (κ3) is 2.32. The topological polar surface area (TPSA) is 46.2 Å². The van der Waals surface area contributed by atoms with E-state index < -0.39 is 5.54 Å². The molecule has 0 aliphatic heterocycles. The van der Waals surface area contributed by atoms with Crippen LogP contribution < -0.4 is 5.73 Å². The fourth-order valence-corrected chi connectivity index (χ4v) is 10.3. The Morgan fingerprint density at radius 3 is 2.22 bits per heavy atom. The molecule has 0 spiro atoms. The molecule has 5 saturated carbocycles. The average Bonchev–Trinajstić information content (AvgIpc) is 3.00. The number of fused-ring (bicyclic) bond motifs is 7. The van der Waals surface area contributed by atoms with Gasteiger partial charge in [0.25, 0.3) is 0 Å². The summed E-state index contributed by atoms with van der Waals surface area (Å²) in [7, 11) is 0. The van der Waals surface area contributed by atoms with Crippen LogP contribution in [0.2, 0.25) is 0 Å². The molecule has 0 heterocycles. The van der Waals surface area contributed by atoms with E-state index in [1.807, 2.05) is 0 Å². The average molecular weight is 374 g/mol. The van der Waals surface area contributed by atoms with Gasteiger partial charge in [-0.05, 0) is 117 Å². The van der Waals surface area contributed by atoms with Crippen LogP contribution in [-0.4, -0.2) is 16.7 Å². The zero-order valence-electron chi connectivity index (χ0n) is 18.3. The summed E-state index contributed by atoms with van der Waals surface area (Å²) in [5.41, 5.74) is 7.90. The Bertz CT molecular complexity index is 615. The summed E-state index contributed by atoms with van der Waals surface area (Å²) in [6, 6.07) is 0. The Morgan fingerprint density at radius 1 is 0.704 bits per heavy atom. The van der Waals surface area contributed by atoms with Crippen LogP contribution in [0.15, 0.2) is 0 Å². The van der Waals surface area contributed by atoms with E-state index >= 15 is 0 Å². The summed E-state index contributed by atoms with van der Waals surface area (Å²) >= 11 is 0. The second-order valence-corrected chi connectivity index (χ2v) is 12.6. The first-order valence-electron chi connectivity index (χ1n) is 12.1. The Balaban J connectivity index is 1.48. The van der Waals surface area contributed by atoms with Gasteiger partial charge in [0, 0.05) is 5.54 Å². The molecule has 5 rings (SSSR count). The summed E-state index contributed by atoms with van der Waals surface area (Å²) < 4.78 is 0. The third-order valence-electron chi connectivity index (χ3n) is 11.6. The molecule has 5 aliphatic rings. The second-order valence-electron chi connectivity index (χ2n) is 12.6. The van der Waals surface area contributed by atoms with Gasteiger partial charge in [-0.3, -0.25) is 0 Å². The second kappa shape index (κ2) is 5.75. The molecule has 5 fully saturated rings. The minimum Gasteiger partial charge on any atom is -0.391 e. The Kier molecular flexibility index (Phi) is 4.03. The maximum atomic E-state index is 10.6. The van der Waals surface area contributed by atoms with Crippen molar-refractivity contribution in [3.63, 3.8) is 0 Å². The van der Waals surface area contributed by atoms with Crippen LogP contribution >= 0.6 is 0 Å². The van der Waals surface area contributed by atoms with Crippen LogP contribution in [0.4, 0.5) is 0 Å². The molecule has 0 aromatic carbocycles. The molecule has 0 aromatic rings. The van der Waals surface area contributed by atoms with Crippen molar-refractivity contribution in [1.29, 1.82) is 0 Å². The summed E-state index contributed by atoms with van der Waals surface area (Å²) in [6.45, 7) is 10.0. The van der Waals surface area contributed by atoms with Gasteiger partial charge >= 0.3 is 0 Å². The van der Waals surface area contributed by atoms with E-state index in [1.54, 1.807) is 0 Å². The van der Waals surface area contributed by atoms with Gasteiger partial charge in [-0.2, -0.15) is 0 Å². The zero-order chi connectivity index (χ0) is 19.2. The van der Waals surface area contributed by atoms with Crippen LogP contribution in [0, 0.1) is 45.8 Å². The Labute approximate surface area is 167 Å². The summed E-state index contributed by atoms with van der Waals surface area (Å²) in [4.78, 5) is 0. The van der Waals surface area contributed by atoms with Crippen LogP contribution in [0.1, 0.15) is 98.3 Å². The molecule has 5 aliphatic carbocycles. The summed E-state index contributed by atoms with van der Waals surface area (Å²) in [5.74, 6) is 4.24. The van der Waals surface area contributed by atoms with E-state index in [9.17, 15) is 5.11 Å². The molecule has 0 aromatic heterocycles. The molecule has 0 saturated heterocycles. The Morgan fingerprint density at radius 2 is 1.44 bits per heavy atom. The highest BCUT2D eigenvalue weighted by Crippen LogP contribution is 2.71. The summed E-state index contributed by atoms with van der Waals surface area (Å²) in [5, 5.41) is 10.6. The third-order valence-corrected chi connectivity index (χ3v) is 11.6. The molecular formula is C25H43NO. The molecule has 0 radical (unpaired) electrons. The zero-order valence-corrected chi connectivity index (χ0v) is 18.3. The minimum atomic E-state index is -0.401. The first-order chi connectivity index (χ1) is 12.6. The lowest BCUT2D eigenvalue weighted by molar-refractivity contribution is -0.198. The highest BCUT2D eigenvalue weighted by molar-refractivity contribution is 5.16. The molecule has 0 bridgehead atoms. The van der Waals surface area contributed by atoms with E-state index in [0.717, 1.165) is 30.1 Å². The lowest BCUT2D eigenvalue weighted by atomic mass is 9.37. The minimum absolute atomic E-state index is 0.315. The van der Waals surface area contributed by atoms with Gasteiger partial charge in [0.15, 0.2) is 0 Å². The van der Waals surface area contributed by atoms with E-state index in [0.29, 0.717) is 22.2 Å². The van der Waals surface area contributed by atoms with Crippen molar-refractivity contribution in [2.45, 2.75) is 110 Å².